The third-order valence-electron chi connectivity index (χ3n) is 1.84. The van der Waals surface area contributed by atoms with Gasteiger partial charge in [0.2, 0.25) is 0 Å². The number of alkyl halides is 1. The van der Waals surface area contributed by atoms with Gasteiger partial charge in [-0.1, -0.05) is 13.3 Å². The van der Waals surface area contributed by atoms with E-state index in [2.05, 4.69) is 6.92 Å². The highest BCUT2D eigenvalue weighted by Gasteiger charge is 2.12. The molecule has 3 nitrogen and oxygen atoms in total. The molecule has 0 fully saturated rings. The van der Waals surface area contributed by atoms with E-state index >= 15 is 0 Å². The number of hydrogen-bond acceptors (Lipinski definition) is 3. The van der Waals surface area contributed by atoms with Crippen molar-refractivity contribution in [3.63, 3.8) is 0 Å². The van der Waals surface area contributed by atoms with E-state index in [0.717, 1.165) is 12.8 Å². The zero-order valence-electron chi connectivity index (χ0n) is 9.04. The first kappa shape index (κ1) is 13.8. The molecule has 0 rings (SSSR count). The molecule has 0 aliphatic heterocycles. The molecule has 0 aromatic rings. The lowest BCUT2D eigenvalue weighted by Crippen LogP contribution is -2.24. The van der Waals surface area contributed by atoms with Crippen molar-refractivity contribution in [2.24, 2.45) is 0 Å². The van der Waals surface area contributed by atoms with Crippen LogP contribution in [0.5, 0.6) is 0 Å². The van der Waals surface area contributed by atoms with E-state index < -0.39 is 6.17 Å². The second-order valence-corrected chi connectivity index (χ2v) is 3.36. The van der Waals surface area contributed by atoms with Crippen LogP contribution in [0.25, 0.3) is 0 Å². The summed E-state index contributed by atoms with van der Waals surface area (Å²) < 4.78 is 22.8. The van der Waals surface area contributed by atoms with Gasteiger partial charge in [0, 0.05) is 13.0 Å². The molecule has 86 valence electrons. The van der Waals surface area contributed by atoms with Gasteiger partial charge < -0.3 is 14.6 Å². The fourth-order valence-electron chi connectivity index (χ4n) is 1.11. The van der Waals surface area contributed by atoms with E-state index in [9.17, 15) is 4.39 Å². The highest BCUT2D eigenvalue weighted by atomic mass is 19.1. The maximum absolute atomic E-state index is 12.6. The Morgan fingerprint density at radius 1 is 1.43 bits per heavy atom. The van der Waals surface area contributed by atoms with Crippen molar-refractivity contribution in [2.75, 3.05) is 20.0 Å². The van der Waals surface area contributed by atoms with E-state index in [1.165, 1.54) is 6.92 Å². The summed E-state index contributed by atoms with van der Waals surface area (Å²) in [4.78, 5) is 0. The molecule has 0 aromatic carbocycles. The van der Waals surface area contributed by atoms with Gasteiger partial charge in [0.1, 0.15) is 6.79 Å². The summed E-state index contributed by atoms with van der Waals surface area (Å²) in [6, 6.07) is 0. The fourth-order valence-corrected chi connectivity index (χ4v) is 1.11. The fraction of sp³-hybridized carbons (Fsp3) is 1.00. The molecule has 0 saturated heterocycles. The zero-order chi connectivity index (χ0) is 10.8. The highest BCUT2D eigenvalue weighted by Crippen LogP contribution is 2.06. The van der Waals surface area contributed by atoms with E-state index in [1.54, 1.807) is 0 Å². The second-order valence-electron chi connectivity index (χ2n) is 3.36. The molecular weight excluding hydrogens is 187 g/mol. The van der Waals surface area contributed by atoms with Gasteiger partial charge in [0.25, 0.3) is 0 Å². The van der Waals surface area contributed by atoms with Crippen LogP contribution < -0.4 is 0 Å². The van der Waals surface area contributed by atoms with Crippen molar-refractivity contribution in [1.29, 1.82) is 0 Å². The topological polar surface area (TPSA) is 38.7 Å². The minimum absolute atomic E-state index is 0.271. The molecule has 1 N–H and O–H groups in total. The summed E-state index contributed by atoms with van der Waals surface area (Å²) in [7, 11) is 0. The first-order valence-electron chi connectivity index (χ1n) is 5.15. The molecule has 0 spiro atoms. The monoisotopic (exact) mass is 208 g/mol. The number of unbranched alkanes of at least 4 members (excludes halogenated alkanes) is 1. The predicted molar refractivity (Wildman–Crippen MR) is 52.9 cm³/mol. The summed E-state index contributed by atoms with van der Waals surface area (Å²) in [5, 5.41) is 8.55. The summed E-state index contributed by atoms with van der Waals surface area (Å²) in [5.41, 5.74) is 0. The summed E-state index contributed by atoms with van der Waals surface area (Å²) in [5.74, 6) is 0. The van der Waals surface area contributed by atoms with Crippen LogP contribution in [0.15, 0.2) is 0 Å². The van der Waals surface area contributed by atoms with Crippen LogP contribution in [-0.4, -0.2) is 37.4 Å². The Kier molecular flexibility index (Phi) is 9.24. The van der Waals surface area contributed by atoms with Crippen molar-refractivity contribution in [3.05, 3.63) is 0 Å². The van der Waals surface area contributed by atoms with E-state index in [1.807, 2.05) is 0 Å². The average Bonchev–Trinajstić information content (AvgIpc) is 2.12. The molecule has 0 saturated carbocycles. The van der Waals surface area contributed by atoms with Gasteiger partial charge >= 0.3 is 0 Å². The quantitative estimate of drug-likeness (QED) is 0.464. The maximum Gasteiger partial charge on any atom is 0.144 e. The Morgan fingerprint density at radius 2 is 2.14 bits per heavy atom. The molecule has 2 atom stereocenters. The highest BCUT2D eigenvalue weighted by molar-refractivity contribution is 4.60. The Balaban J connectivity index is 3.51. The van der Waals surface area contributed by atoms with Crippen molar-refractivity contribution in [2.45, 2.75) is 45.4 Å². The van der Waals surface area contributed by atoms with Gasteiger partial charge in [0.15, 0.2) is 0 Å². The van der Waals surface area contributed by atoms with Crippen LogP contribution in [0.2, 0.25) is 0 Å². The number of aliphatic hydroxyl groups excluding tert-OH is 1. The van der Waals surface area contributed by atoms with Crippen LogP contribution in [0, 0.1) is 0 Å². The first-order chi connectivity index (χ1) is 6.70. The lowest BCUT2D eigenvalue weighted by molar-refractivity contribution is -0.0896. The number of rotatable bonds is 9. The number of hydrogen-bond donors (Lipinski definition) is 1. The predicted octanol–water partition coefficient (Wildman–Crippen LogP) is 1.89. The third kappa shape index (κ3) is 8.41. The second kappa shape index (κ2) is 9.37. The minimum Gasteiger partial charge on any atom is -0.379 e. The van der Waals surface area contributed by atoms with Crippen LogP contribution in [-0.2, 0) is 9.47 Å². The number of aliphatic hydroxyl groups is 1. The average molecular weight is 208 g/mol. The lowest BCUT2D eigenvalue weighted by Gasteiger charge is -2.17. The Hall–Kier alpha value is -0.190. The largest absolute Gasteiger partial charge is 0.379 e. The molecule has 0 aliphatic carbocycles. The standard InChI is InChI=1S/C10H21FO3/c1-3-4-5-13-7-10(14-8-12)6-9(2)11/h9-10,12H,3-8H2,1-2H3/t9?,10-/m0/s1. The van der Waals surface area contributed by atoms with Gasteiger partial charge in [-0.2, -0.15) is 0 Å². The van der Waals surface area contributed by atoms with Crippen molar-refractivity contribution in [1.82, 2.24) is 0 Å². The molecule has 0 aromatic heterocycles. The first-order valence-corrected chi connectivity index (χ1v) is 5.15. The maximum atomic E-state index is 12.6. The van der Waals surface area contributed by atoms with Gasteiger partial charge in [-0.05, 0) is 13.3 Å². The van der Waals surface area contributed by atoms with Crippen molar-refractivity contribution < 1.29 is 19.0 Å². The van der Waals surface area contributed by atoms with Gasteiger partial charge in [-0.25, -0.2) is 4.39 Å². The molecule has 0 heterocycles. The molecule has 0 aliphatic rings. The van der Waals surface area contributed by atoms with Crippen LogP contribution in [0.3, 0.4) is 0 Å². The van der Waals surface area contributed by atoms with Crippen LogP contribution in [0.1, 0.15) is 33.1 Å². The van der Waals surface area contributed by atoms with E-state index in [4.69, 9.17) is 14.6 Å². The molecule has 0 radical (unpaired) electrons. The molecule has 0 bridgehead atoms. The molecule has 0 amide bonds. The minimum atomic E-state index is -0.929. The summed E-state index contributed by atoms with van der Waals surface area (Å²) in [6.45, 7) is 4.19. The van der Waals surface area contributed by atoms with E-state index in [0.29, 0.717) is 13.2 Å². The van der Waals surface area contributed by atoms with Gasteiger partial charge in [-0.3, -0.25) is 0 Å². The smallest absolute Gasteiger partial charge is 0.144 e. The Labute approximate surface area is 85.2 Å². The number of ether oxygens (including phenoxy) is 2. The SMILES string of the molecule is CCCCOC[C@H](CC(C)F)OCO. The van der Waals surface area contributed by atoms with Crippen molar-refractivity contribution in [3.8, 4) is 0 Å². The molecule has 4 heteroatoms. The Bertz CT molecular complexity index is 120. The summed E-state index contributed by atoms with van der Waals surface area (Å²) >= 11 is 0. The van der Waals surface area contributed by atoms with E-state index in [-0.39, 0.29) is 19.3 Å². The van der Waals surface area contributed by atoms with Gasteiger partial charge in [-0.15, -0.1) is 0 Å². The third-order valence-corrected chi connectivity index (χ3v) is 1.84. The molecule has 14 heavy (non-hydrogen) atoms. The molecular formula is C10H21FO3. The zero-order valence-corrected chi connectivity index (χ0v) is 9.04. The lowest BCUT2D eigenvalue weighted by atomic mass is 10.2. The van der Waals surface area contributed by atoms with Gasteiger partial charge in [0.05, 0.1) is 18.9 Å². The number of halogens is 1. The van der Waals surface area contributed by atoms with Crippen molar-refractivity contribution >= 4 is 0 Å². The Morgan fingerprint density at radius 3 is 2.64 bits per heavy atom. The summed E-state index contributed by atoms with van der Waals surface area (Å²) in [6.07, 6.45) is 1.08. The van der Waals surface area contributed by atoms with Crippen LogP contribution in [0.4, 0.5) is 4.39 Å². The van der Waals surface area contributed by atoms with Crippen LogP contribution >= 0.6 is 0 Å². The normalized spacial score (nSPS) is 15.4. The molecule has 1 unspecified atom stereocenters.